The van der Waals surface area contributed by atoms with Crippen LogP contribution in [0.1, 0.15) is 47.2 Å². The van der Waals surface area contributed by atoms with E-state index in [0.717, 1.165) is 64.0 Å². The lowest BCUT2D eigenvalue weighted by Gasteiger charge is -2.44. The first-order valence-electron chi connectivity index (χ1n) is 12.0. The molecule has 3 heterocycles. The lowest BCUT2D eigenvalue weighted by Crippen LogP contribution is -2.51. The summed E-state index contributed by atoms with van der Waals surface area (Å²) in [6.07, 6.45) is 3.85. The number of hydrogen-bond acceptors (Lipinski definition) is 6. The summed E-state index contributed by atoms with van der Waals surface area (Å²) in [5, 5.41) is 0. The number of esters is 1. The molecule has 0 atom stereocenters. The van der Waals surface area contributed by atoms with Crippen LogP contribution in [-0.2, 0) is 16.9 Å². The maximum Gasteiger partial charge on any atom is 0.343 e. The Kier molecular flexibility index (Phi) is 5.74. The Morgan fingerprint density at radius 3 is 2.52 bits per heavy atom. The maximum atomic E-state index is 12.8. The summed E-state index contributed by atoms with van der Waals surface area (Å²) in [5.41, 5.74) is 2.52. The van der Waals surface area contributed by atoms with E-state index in [1.807, 2.05) is 12.1 Å². The van der Waals surface area contributed by atoms with E-state index >= 15 is 0 Å². The van der Waals surface area contributed by atoms with Crippen molar-refractivity contribution in [3.63, 3.8) is 0 Å². The van der Waals surface area contributed by atoms with Crippen LogP contribution >= 0.6 is 22.6 Å². The molecule has 0 unspecified atom stereocenters. The van der Waals surface area contributed by atoms with Crippen molar-refractivity contribution in [2.75, 3.05) is 39.4 Å². The number of benzene rings is 2. The fraction of sp³-hybridized carbons (Fsp3) is 0.500. The third kappa shape index (κ3) is 3.91. The molecule has 2 aromatic rings. The third-order valence-corrected chi connectivity index (χ3v) is 8.78. The number of nitrogens with zero attached hydrogens (tertiary/aromatic N) is 2. The van der Waals surface area contributed by atoms with Gasteiger partial charge < -0.3 is 14.2 Å². The maximum absolute atomic E-state index is 12.8. The first-order valence-corrected chi connectivity index (χ1v) is 13.1. The number of fused-ring (bicyclic) bond motifs is 4. The molecular weight excluding hydrogens is 531 g/mol. The van der Waals surface area contributed by atoms with E-state index in [4.69, 9.17) is 14.2 Å². The molecule has 4 aliphatic rings. The smallest absolute Gasteiger partial charge is 0.343 e. The first-order chi connectivity index (χ1) is 16.1. The quantitative estimate of drug-likeness (QED) is 0.415. The van der Waals surface area contributed by atoms with E-state index in [1.165, 1.54) is 9.13 Å². The molecule has 33 heavy (non-hydrogen) atoms. The van der Waals surface area contributed by atoms with Crippen LogP contribution in [-0.4, -0.2) is 61.2 Å². The summed E-state index contributed by atoms with van der Waals surface area (Å²) in [6, 6.07) is 13.2. The molecular formula is C26H29IN2O4. The van der Waals surface area contributed by atoms with Crippen molar-refractivity contribution in [3.05, 3.63) is 56.7 Å². The van der Waals surface area contributed by atoms with Crippen molar-refractivity contribution in [1.29, 1.82) is 0 Å². The van der Waals surface area contributed by atoms with Crippen molar-refractivity contribution in [1.82, 2.24) is 9.80 Å². The Bertz CT molecular complexity index is 1060. The van der Waals surface area contributed by atoms with E-state index in [2.05, 4.69) is 56.7 Å². The van der Waals surface area contributed by atoms with Crippen molar-refractivity contribution in [2.24, 2.45) is 0 Å². The standard InChI is InChI=1S/C26H29IN2O4/c27-21-4-2-1-3-18(21)17-28-11-13-29(14-12-28)19-7-9-26(10-8-19)20-5-6-22-24(32-16-15-31-22)23(20)25(30)33-26/h1-6,19H,7-17H2. The van der Waals surface area contributed by atoms with Crippen LogP contribution in [0.25, 0.3) is 0 Å². The zero-order valence-corrected chi connectivity index (χ0v) is 20.9. The topological polar surface area (TPSA) is 51.2 Å². The average Bonchev–Trinajstić information content (AvgIpc) is 3.13. The fourth-order valence-corrected chi connectivity index (χ4v) is 6.50. The lowest BCUT2D eigenvalue weighted by atomic mass is 9.76. The van der Waals surface area contributed by atoms with Gasteiger partial charge in [-0.3, -0.25) is 9.80 Å². The van der Waals surface area contributed by atoms with Gasteiger partial charge in [-0.15, -0.1) is 0 Å². The number of carbonyl (C=O) groups is 1. The van der Waals surface area contributed by atoms with Gasteiger partial charge in [0, 0.05) is 47.9 Å². The highest BCUT2D eigenvalue weighted by Gasteiger charge is 2.50. The normalized spacial score (nSPS) is 27.4. The van der Waals surface area contributed by atoms with E-state index < -0.39 is 5.60 Å². The van der Waals surface area contributed by atoms with Crippen LogP contribution in [0.5, 0.6) is 11.5 Å². The van der Waals surface area contributed by atoms with Gasteiger partial charge >= 0.3 is 5.97 Å². The molecule has 1 spiro atoms. The molecule has 3 aliphatic heterocycles. The highest BCUT2D eigenvalue weighted by Crippen LogP contribution is 2.52. The molecule has 6 rings (SSSR count). The summed E-state index contributed by atoms with van der Waals surface area (Å²) in [6.45, 7) is 6.45. The number of halogens is 1. The highest BCUT2D eigenvalue weighted by molar-refractivity contribution is 14.1. The number of carbonyl (C=O) groups excluding carboxylic acids is 1. The van der Waals surface area contributed by atoms with Crippen molar-refractivity contribution < 1.29 is 19.0 Å². The van der Waals surface area contributed by atoms with Gasteiger partial charge in [0.1, 0.15) is 24.4 Å². The number of ether oxygens (including phenoxy) is 3. The largest absolute Gasteiger partial charge is 0.486 e. The Labute approximate surface area is 208 Å². The molecule has 6 nitrogen and oxygen atoms in total. The molecule has 1 saturated carbocycles. The van der Waals surface area contributed by atoms with Gasteiger partial charge in [0.2, 0.25) is 0 Å². The van der Waals surface area contributed by atoms with E-state index in [1.54, 1.807) is 0 Å². The van der Waals surface area contributed by atoms with Gasteiger partial charge in [-0.2, -0.15) is 0 Å². The minimum atomic E-state index is -0.495. The van der Waals surface area contributed by atoms with Crippen LogP contribution in [0, 0.1) is 3.57 Å². The predicted molar refractivity (Wildman–Crippen MR) is 133 cm³/mol. The first kappa shape index (κ1) is 21.7. The molecule has 0 bridgehead atoms. The van der Waals surface area contributed by atoms with Crippen LogP contribution in [0.15, 0.2) is 36.4 Å². The molecule has 0 amide bonds. The zero-order valence-electron chi connectivity index (χ0n) is 18.7. The van der Waals surface area contributed by atoms with Gasteiger partial charge in [0.15, 0.2) is 11.5 Å². The second-order valence-corrected chi connectivity index (χ2v) is 10.7. The molecule has 7 heteroatoms. The summed E-state index contributed by atoms with van der Waals surface area (Å²) >= 11 is 2.44. The Morgan fingerprint density at radius 2 is 1.73 bits per heavy atom. The SMILES string of the molecule is O=C1OC2(CCC(N3CCN(Cc4ccccc4I)CC3)CC2)c2ccc3c(c21)OCCO3. The molecule has 2 fully saturated rings. The fourth-order valence-electron chi connectivity index (χ4n) is 5.94. The van der Waals surface area contributed by atoms with E-state index in [-0.39, 0.29) is 5.97 Å². The minimum Gasteiger partial charge on any atom is -0.486 e. The number of rotatable bonds is 3. The summed E-state index contributed by atoms with van der Waals surface area (Å²) in [5.74, 6) is 0.979. The third-order valence-electron chi connectivity index (χ3n) is 7.73. The van der Waals surface area contributed by atoms with Gasteiger partial charge in [0.25, 0.3) is 0 Å². The zero-order chi connectivity index (χ0) is 22.4. The summed E-state index contributed by atoms with van der Waals surface area (Å²) in [4.78, 5) is 18.1. The molecule has 1 aliphatic carbocycles. The van der Waals surface area contributed by atoms with Crippen LogP contribution < -0.4 is 9.47 Å². The average molecular weight is 560 g/mol. The molecule has 0 aromatic heterocycles. The van der Waals surface area contributed by atoms with E-state index in [0.29, 0.717) is 36.3 Å². The Morgan fingerprint density at radius 1 is 0.970 bits per heavy atom. The Hall–Kier alpha value is -1.84. The van der Waals surface area contributed by atoms with Gasteiger partial charge in [0.05, 0.1) is 0 Å². The van der Waals surface area contributed by atoms with Crippen LogP contribution in [0.3, 0.4) is 0 Å². The van der Waals surface area contributed by atoms with Crippen molar-refractivity contribution in [3.8, 4) is 11.5 Å². The second kappa shape index (κ2) is 8.74. The van der Waals surface area contributed by atoms with Crippen LogP contribution in [0.4, 0.5) is 0 Å². The van der Waals surface area contributed by atoms with Crippen LogP contribution in [0.2, 0.25) is 0 Å². The van der Waals surface area contributed by atoms with Crippen molar-refractivity contribution in [2.45, 2.75) is 43.9 Å². The predicted octanol–water partition coefficient (Wildman–Crippen LogP) is 4.19. The van der Waals surface area contributed by atoms with Crippen molar-refractivity contribution >= 4 is 28.6 Å². The molecule has 1 saturated heterocycles. The van der Waals surface area contributed by atoms with E-state index in [9.17, 15) is 4.79 Å². The van der Waals surface area contributed by atoms with Gasteiger partial charge in [-0.1, -0.05) is 24.3 Å². The summed E-state index contributed by atoms with van der Waals surface area (Å²) in [7, 11) is 0. The monoisotopic (exact) mass is 560 g/mol. The summed E-state index contributed by atoms with van der Waals surface area (Å²) < 4.78 is 18.9. The van der Waals surface area contributed by atoms with Gasteiger partial charge in [-0.25, -0.2) is 4.79 Å². The lowest BCUT2D eigenvalue weighted by molar-refractivity contribution is -0.0460. The second-order valence-electron chi connectivity index (χ2n) is 9.53. The van der Waals surface area contributed by atoms with Gasteiger partial charge in [-0.05, 0) is 66.0 Å². The highest BCUT2D eigenvalue weighted by atomic mass is 127. The molecule has 2 aromatic carbocycles. The molecule has 174 valence electrons. The number of hydrogen-bond donors (Lipinski definition) is 0. The minimum absolute atomic E-state index is 0.255. The number of piperazine rings is 1. The Balaban J connectivity index is 1.09. The molecule has 0 radical (unpaired) electrons. The molecule has 0 N–H and O–H groups in total.